The monoisotopic (exact) mass is 442 g/mol. The van der Waals surface area contributed by atoms with Crippen LogP contribution in [0.3, 0.4) is 0 Å². The molecule has 174 valence electrons. The first-order valence-corrected chi connectivity index (χ1v) is 10.9. The van der Waals surface area contributed by atoms with Gasteiger partial charge in [0.2, 0.25) is 0 Å². The molecule has 1 aliphatic heterocycles. The molecule has 1 aliphatic rings. The van der Waals surface area contributed by atoms with Gasteiger partial charge >= 0.3 is 11.9 Å². The van der Waals surface area contributed by atoms with Crippen molar-refractivity contribution in [2.75, 3.05) is 39.3 Å². The van der Waals surface area contributed by atoms with E-state index in [9.17, 15) is 0 Å². The van der Waals surface area contributed by atoms with Crippen LogP contribution >= 0.6 is 0 Å². The summed E-state index contributed by atoms with van der Waals surface area (Å²) in [7, 11) is 0. The van der Waals surface area contributed by atoms with Crippen LogP contribution in [0.4, 0.5) is 0 Å². The number of ether oxygens (including phenoxy) is 1. The van der Waals surface area contributed by atoms with E-state index in [1.807, 2.05) is 0 Å². The third-order valence-corrected chi connectivity index (χ3v) is 5.35. The van der Waals surface area contributed by atoms with Gasteiger partial charge in [-0.05, 0) is 35.6 Å². The average molecular weight is 443 g/mol. The first-order chi connectivity index (χ1) is 15.3. The zero-order chi connectivity index (χ0) is 23.5. The molecule has 0 amide bonds. The van der Waals surface area contributed by atoms with E-state index in [0.717, 1.165) is 51.6 Å². The lowest BCUT2D eigenvalue weighted by atomic mass is 10.0. The summed E-state index contributed by atoms with van der Waals surface area (Å²) in [4.78, 5) is 23.3. The summed E-state index contributed by atoms with van der Waals surface area (Å²) in [5, 5.41) is 14.8. The van der Waals surface area contributed by atoms with Gasteiger partial charge in [-0.3, -0.25) is 9.80 Å². The second-order valence-corrected chi connectivity index (χ2v) is 8.26. The molecule has 0 atom stereocenters. The van der Waals surface area contributed by atoms with Crippen LogP contribution in [0.2, 0.25) is 0 Å². The number of nitrogens with zero attached hydrogens (tertiary/aromatic N) is 2. The molecular formula is C25H34N2O5. The summed E-state index contributed by atoms with van der Waals surface area (Å²) < 4.78 is 6.15. The minimum Gasteiger partial charge on any atom is -0.492 e. The molecule has 3 rings (SSSR count). The van der Waals surface area contributed by atoms with Crippen molar-refractivity contribution in [2.24, 2.45) is 0 Å². The number of carboxylic acids is 2. The molecule has 7 heteroatoms. The van der Waals surface area contributed by atoms with Gasteiger partial charge in [-0.25, -0.2) is 9.59 Å². The van der Waals surface area contributed by atoms with Gasteiger partial charge in [-0.15, -0.1) is 0 Å². The van der Waals surface area contributed by atoms with E-state index in [-0.39, 0.29) is 0 Å². The first-order valence-electron chi connectivity index (χ1n) is 10.9. The van der Waals surface area contributed by atoms with Gasteiger partial charge in [-0.1, -0.05) is 56.3 Å². The predicted octanol–water partition coefficient (Wildman–Crippen LogP) is 3.47. The quantitative estimate of drug-likeness (QED) is 0.635. The van der Waals surface area contributed by atoms with Crippen molar-refractivity contribution < 1.29 is 24.5 Å². The summed E-state index contributed by atoms with van der Waals surface area (Å²) in [5.74, 6) is -2.10. The van der Waals surface area contributed by atoms with E-state index < -0.39 is 11.9 Å². The average Bonchev–Trinajstić information content (AvgIpc) is 2.76. The Morgan fingerprint density at radius 2 is 1.53 bits per heavy atom. The Morgan fingerprint density at radius 1 is 0.938 bits per heavy atom. The fourth-order valence-corrected chi connectivity index (χ4v) is 3.54. The fraction of sp³-hybridized carbons (Fsp3) is 0.440. The summed E-state index contributed by atoms with van der Waals surface area (Å²) in [6.07, 6.45) is 0. The van der Waals surface area contributed by atoms with E-state index in [0.29, 0.717) is 5.92 Å². The molecule has 0 radical (unpaired) electrons. The molecule has 1 fully saturated rings. The summed E-state index contributed by atoms with van der Waals surface area (Å²) in [6.45, 7) is 13.9. The Morgan fingerprint density at radius 3 is 2.09 bits per heavy atom. The Labute approximate surface area is 190 Å². The van der Waals surface area contributed by atoms with Gasteiger partial charge < -0.3 is 14.9 Å². The van der Waals surface area contributed by atoms with Crippen LogP contribution in [-0.2, 0) is 16.1 Å². The number of benzene rings is 2. The molecule has 0 spiro atoms. The van der Waals surface area contributed by atoms with E-state index in [1.54, 1.807) is 0 Å². The lowest BCUT2D eigenvalue weighted by molar-refractivity contribution is -0.159. The van der Waals surface area contributed by atoms with Crippen molar-refractivity contribution in [3.8, 4) is 5.75 Å². The van der Waals surface area contributed by atoms with Crippen molar-refractivity contribution >= 4 is 11.9 Å². The smallest absolute Gasteiger partial charge is 0.414 e. The Bertz CT molecular complexity index is 850. The second-order valence-electron chi connectivity index (χ2n) is 8.26. The van der Waals surface area contributed by atoms with Crippen molar-refractivity contribution in [1.29, 1.82) is 0 Å². The predicted molar refractivity (Wildman–Crippen MR) is 124 cm³/mol. The molecular weight excluding hydrogens is 408 g/mol. The van der Waals surface area contributed by atoms with E-state index in [4.69, 9.17) is 24.5 Å². The van der Waals surface area contributed by atoms with Gasteiger partial charge in [0.25, 0.3) is 0 Å². The summed E-state index contributed by atoms with van der Waals surface area (Å²) in [6, 6.07) is 17.3. The fourth-order valence-electron chi connectivity index (χ4n) is 3.54. The molecule has 0 saturated carbocycles. The number of rotatable bonds is 7. The minimum atomic E-state index is -1.82. The van der Waals surface area contributed by atoms with Crippen LogP contribution in [0.25, 0.3) is 0 Å². The van der Waals surface area contributed by atoms with Crippen LogP contribution in [0.1, 0.15) is 36.5 Å². The van der Waals surface area contributed by atoms with Crippen LogP contribution in [0.15, 0.2) is 48.5 Å². The Kier molecular flexibility index (Phi) is 10.2. The van der Waals surface area contributed by atoms with Crippen LogP contribution in [-0.4, -0.2) is 71.3 Å². The number of aliphatic carboxylic acids is 2. The molecule has 2 aromatic rings. The maximum absolute atomic E-state index is 9.10. The number of carbonyl (C=O) groups is 2. The number of carboxylic acid groups (broad SMARTS) is 2. The molecule has 2 aromatic carbocycles. The lowest BCUT2D eigenvalue weighted by Crippen LogP contribution is -2.47. The van der Waals surface area contributed by atoms with Crippen LogP contribution in [0.5, 0.6) is 5.75 Å². The number of hydrogen-bond donors (Lipinski definition) is 2. The Balaban J connectivity index is 0.000000534. The molecule has 0 bridgehead atoms. The Hall–Kier alpha value is -2.90. The van der Waals surface area contributed by atoms with Gasteiger partial charge in [0.1, 0.15) is 12.4 Å². The largest absolute Gasteiger partial charge is 0.492 e. The molecule has 0 aromatic heterocycles. The minimum absolute atomic E-state index is 0.493. The summed E-state index contributed by atoms with van der Waals surface area (Å²) >= 11 is 0. The SMILES string of the molecule is Cc1ccc(C(C)C)c(OCCN2CCN(Cc3ccccc3)CC2)c1.O=C(O)C(=O)O. The molecule has 0 aliphatic carbocycles. The van der Waals surface area contributed by atoms with Gasteiger partial charge in [0, 0.05) is 39.3 Å². The van der Waals surface area contributed by atoms with E-state index in [1.165, 1.54) is 16.7 Å². The maximum Gasteiger partial charge on any atom is 0.414 e. The van der Waals surface area contributed by atoms with Gasteiger partial charge in [0.05, 0.1) is 0 Å². The lowest BCUT2D eigenvalue weighted by Gasteiger charge is -2.34. The van der Waals surface area contributed by atoms with Crippen LogP contribution < -0.4 is 4.74 Å². The third kappa shape index (κ3) is 8.69. The molecule has 2 N–H and O–H groups in total. The highest BCUT2D eigenvalue weighted by Gasteiger charge is 2.17. The molecule has 32 heavy (non-hydrogen) atoms. The molecule has 1 saturated heterocycles. The maximum atomic E-state index is 9.10. The van der Waals surface area contributed by atoms with Crippen molar-refractivity contribution in [1.82, 2.24) is 9.80 Å². The zero-order valence-corrected chi connectivity index (χ0v) is 19.2. The highest BCUT2D eigenvalue weighted by molar-refractivity contribution is 6.27. The second kappa shape index (κ2) is 12.8. The normalized spacial score (nSPS) is 14.5. The van der Waals surface area contributed by atoms with E-state index >= 15 is 0 Å². The third-order valence-electron chi connectivity index (χ3n) is 5.35. The summed E-state index contributed by atoms with van der Waals surface area (Å²) in [5.41, 5.74) is 3.98. The number of hydrogen-bond acceptors (Lipinski definition) is 5. The number of piperazine rings is 1. The van der Waals surface area contributed by atoms with Gasteiger partial charge in [0.15, 0.2) is 0 Å². The standard InChI is InChI=1S/C23H32N2O.C2H2O4/c1-19(2)22-10-9-20(3)17-23(22)26-16-15-24-11-13-25(14-12-24)18-21-7-5-4-6-8-21;3-1(4)2(5)6/h4-10,17,19H,11-16,18H2,1-3H3;(H,3,4)(H,5,6). The number of aryl methyl sites for hydroxylation is 1. The highest BCUT2D eigenvalue weighted by Crippen LogP contribution is 2.27. The molecule has 7 nitrogen and oxygen atoms in total. The van der Waals surface area contributed by atoms with Crippen LogP contribution in [0, 0.1) is 6.92 Å². The highest BCUT2D eigenvalue weighted by atomic mass is 16.5. The van der Waals surface area contributed by atoms with Crippen molar-refractivity contribution in [2.45, 2.75) is 33.2 Å². The van der Waals surface area contributed by atoms with E-state index in [2.05, 4.69) is 79.1 Å². The first kappa shape index (κ1) is 25.4. The topological polar surface area (TPSA) is 90.3 Å². The van der Waals surface area contributed by atoms with Crippen molar-refractivity contribution in [3.05, 3.63) is 65.2 Å². The zero-order valence-electron chi connectivity index (χ0n) is 19.2. The van der Waals surface area contributed by atoms with Gasteiger partial charge in [-0.2, -0.15) is 0 Å². The molecule has 1 heterocycles. The molecule has 0 unspecified atom stereocenters. The van der Waals surface area contributed by atoms with Crippen molar-refractivity contribution in [3.63, 3.8) is 0 Å².